The summed E-state index contributed by atoms with van der Waals surface area (Å²) in [4.78, 5) is 78.1. The van der Waals surface area contributed by atoms with E-state index in [1.54, 1.807) is 36.4 Å². The van der Waals surface area contributed by atoms with Gasteiger partial charge in [0.25, 0.3) is 23.6 Å². The lowest BCUT2D eigenvalue weighted by atomic mass is 10.1. The first-order valence-electron chi connectivity index (χ1n) is 18.3. The summed E-state index contributed by atoms with van der Waals surface area (Å²) in [6, 6.07) is 18.2. The van der Waals surface area contributed by atoms with Crippen molar-refractivity contribution >= 4 is 151 Å². The molecule has 0 heterocycles. The third-order valence-corrected chi connectivity index (χ3v) is 10.8. The number of carbonyl (C=O) groups is 6. The average molecular weight is 1010 g/mol. The number of benzene rings is 5. The van der Waals surface area contributed by atoms with Crippen LogP contribution in [-0.4, -0.2) is 52.8 Å². The van der Waals surface area contributed by atoms with Gasteiger partial charge in [-0.2, -0.15) is 20.5 Å². The quantitative estimate of drug-likeness (QED) is 0.0426. The Hall–Kier alpha value is -5.65. The summed E-state index contributed by atoms with van der Waals surface area (Å²) < 4.78 is 5.67. The second-order valence-corrected chi connectivity index (χ2v) is 16.3. The van der Waals surface area contributed by atoms with E-state index in [1.165, 1.54) is 61.5 Å². The molecule has 0 aromatic heterocycles. The van der Waals surface area contributed by atoms with Gasteiger partial charge in [-0.05, 0) is 93.6 Å². The molecule has 0 saturated carbocycles. The molecule has 0 aliphatic heterocycles. The van der Waals surface area contributed by atoms with E-state index in [9.17, 15) is 28.8 Å². The van der Waals surface area contributed by atoms with E-state index in [2.05, 4.69) is 41.7 Å². The normalized spacial score (nSPS) is 12.6. The molecule has 3 unspecified atom stereocenters. The number of nitrogens with zero attached hydrogens (tertiary/aromatic N) is 4. The second kappa shape index (κ2) is 22.3. The van der Waals surface area contributed by atoms with E-state index in [0.717, 1.165) is 13.8 Å². The van der Waals surface area contributed by atoms with Gasteiger partial charge in [-0.15, -0.1) is 0 Å². The number of carbonyl (C=O) groups excluding carboxylic acids is 6. The summed E-state index contributed by atoms with van der Waals surface area (Å²) in [6.45, 7) is 3.72. The molecule has 4 amide bonds. The summed E-state index contributed by atoms with van der Waals surface area (Å²) in [7, 11) is 0. The number of halogens is 7. The van der Waals surface area contributed by atoms with E-state index in [4.69, 9.17) is 85.9 Å². The first kappa shape index (κ1) is 49.4. The van der Waals surface area contributed by atoms with Gasteiger partial charge in [0.05, 0.1) is 47.2 Å². The highest BCUT2D eigenvalue weighted by molar-refractivity contribution is 6.44. The predicted octanol–water partition coefficient (Wildman–Crippen LogP) is 12.4. The zero-order valence-electron chi connectivity index (χ0n) is 33.2. The van der Waals surface area contributed by atoms with Crippen LogP contribution in [0.4, 0.5) is 34.1 Å². The summed E-state index contributed by atoms with van der Waals surface area (Å²) in [5.41, 5.74) is -0.233. The van der Waals surface area contributed by atoms with Crippen molar-refractivity contribution in [3.05, 3.63) is 132 Å². The third kappa shape index (κ3) is 13.0. The van der Waals surface area contributed by atoms with Crippen LogP contribution in [0.25, 0.3) is 0 Å². The van der Waals surface area contributed by atoms with Crippen LogP contribution in [0, 0.1) is 0 Å². The van der Waals surface area contributed by atoms with Crippen molar-refractivity contribution in [2.75, 3.05) is 21.3 Å². The van der Waals surface area contributed by atoms with Crippen molar-refractivity contribution in [1.29, 1.82) is 0 Å². The van der Waals surface area contributed by atoms with Gasteiger partial charge in [-0.25, -0.2) is 0 Å². The summed E-state index contributed by atoms with van der Waals surface area (Å²) in [5, 5.41) is 27.0. The molecule has 0 radical (unpaired) electrons. The lowest BCUT2D eigenvalue weighted by Crippen LogP contribution is -2.32. The van der Waals surface area contributed by atoms with Crippen LogP contribution in [0.2, 0.25) is 30.1 Å². The molecule has 64 heavy (non-hydrogen) atoms. The first-order valence-corrected chi connectivity index (χ1v) is 21.0. The van der Waals surface area contributed by atoms with Crippen molar-refractivity contribution in [2.45, 2.75) is 38.4 Å². The van der Waals surface area contributed by atoms with E-state index < -0.39 is 52.8 Å². The molecule has 22 heteroatoms. The van der Waals surface area contributed by atoms with Crippen LogP contribution in [0.15, 0.2) is 111 Å². The molecule has 0 aliphatic carbocycles. The molecule has 5 rings (SSSR count). The number of alkyl halides is 1. The fraction of sp³-hybridized carbons (Fsp3) is 0.143. The highest BCUT2D eigenvalue weighted by atomic mass is 35.5. The minimum absolute atomic E-state index is 0.00678. The van der Waals surface area contributed by atoms with Gasteiger partial charge >= 0.3 is 0 Å². The number of ether oxygens (including phenoxy) is 1. The Labute approximate surface area is 399 Å². The van der Waals surface area contributed by atoms with Crippen LogP contribution in [0.5, 0.6) is 5.75 Å². The van der Waals surface area contributed by atoms with Crippen LogP contribution in [0.3, 0.4) is 0 Å². The van der Waals surface area contributed by atoms with Crippen LogP contribution < -0.4 is 26.0 Å². The van der Waals surface area contributed by atoms with E-state index in [1.807, 2.05) is 0 Å². The molecule has 5 aromatic carbocycles. The van der Waals surface area contributed by atoms with E-state index >= 15 is 0 Å². The molecule has 0 bridgehead atoms. The number of ketones is 2. The number of hydrogen-bond donors (Lipinski definition) is 4. The Morgan fingerprint density at radius 1 is 0.531 bits per heavy atom. The van der Waals surface area contributed by atoms with Crippen molar-refractivity contribution in [3.8, 4) is 5.75 Å². The lowest BCUT2D eigenvalue weighted by Gasteiger charge is -2.17. The Morgan fingerprint density at radius 3 is 1.42 bits per heavy atom. The zero-order chi connectivity index (χ0) is 46.8. The van der Waals surface area contributed by atoms with Gasteiger partial charge in [0.2, 0.25) is 12.1 Å². The molecule has 0 fully saturated rings. The molecule has 0 saturated heterocycles. The van der Waals surface area contributed by atoms with Crippen molar-refractivity contribution in [2.24, 2.45) is 20.5 Å². The standard InChI is InChI=1S/C42H31Cl7N8O7/c1-19(58)37(56-54-32-16-22(10-13-25(32)44)39(60)52-30-8-4-6-27(46)35(30)48)41(62)50-24-12-15-29(34(18-24)64-21(3)43)51-42(63)38(20(2)59)57-55-33-17-23(11-14-26(33)45)40(61)53-31-9-5-7-28(47)36(31)49/h4-18,21,37-38H,1-3H3,(H,50,62)(H,51,63)(H,52,60)(H,53,61). The molecule has 330 valence electrons. The van der Waals surface area contributed by atoms with Crippen molar-refractivity contribution in [1.82, 2.24) is 0 Å². The fourth-order valence-electron chi connectivity index (χ4n) is 5.31. The van der Waals surface area contributed by atoms with Crippen LogP contribution >= 0.6 is 81.2 Å². The minimum Gasteiger partial charge on any atom is -0.473 e. The maximum atomic E-state index is 13.5. The average Bonchev–Trinajstić information content (AvgIpc) is 3.23. The smallest absolute Gasteiger partial charge is 0.258 e. The lowest BCUT2D eigenvalue weighted by molar-refractivity contribution is -0.127. The van der Waals surface area contributed by atoms with Crippen molar-refractivity contribution < 1.29 is 33.5 Å². The van der Waals surface area contributed by atoms with Gasteiger partial charge < -0.3 is 26.0 Å². The Morgan fingerprint density at radius 2 is 0.984 bits per heavy atom. The number of azo groups is 2. The number of hydrogen-bond acceptors (Lipinski definition) is 11. The number of rotatable bonds is 16. The largest absolute Gasteiger partial charge is 0.473 e. The van der Waals surface area contributed by atoms with E-state index in [-0.39, 0.29) is 81.1 Å². The highest BCUT2D eigenvalue weighted by Gasteiger charge is 2.27. The van der Waals surface area contributed by atoms with Gasteiger partial charge in [0.1, 0.15) is 17.1 Å². The predicted molar refractivity (Wildman–Crippen MR) is 249 cm³/mol. The maximum absolute atomic E-state index is 13.5. The summed E-state index contributed by atoms with van der Waals surface area (Å²) in [5.74, 6) is -4.48. The maximum Gasteiger partial charge on any atom is 0.258 e. The first-order chi connectivity index (χ1) is 30.3. The molecule has 3 atom stereocenters. The van der Waals surface area contributed by atoms with Crippen molar-refractivity contribution in [3.63, 3.8) is 0 Å². The topological polar surface area (TPSA) is 209 Å². The zero-order valence-corrected chi connectivity index (χ0v) is 38.5. The van der Waals surface area contributed by atoms with Gasteiger partial charge in [-0.1, -0.05) is 93.3 Å². The number of Topliss-reactive ketones (excluding diaryl/α,β-unsaturated/α-hetero) is 2. The Kier molecular flexibility index (Phi) is 17.2. The molecular formula is C42H31Cl7N8O7. The molecule has 4 N–H and O–H groups in total. The molecule has 0 aliphatic rings. The number of amides is 4. The van der Waals surface area contributed by atoms with Gasteiger partial charge in [0.15, 0.2) is 17.1 Å². The summed E-state index contributed by atoms with van der Waals surface area (Å²) in [6.07, 6.45) is 0. The van der Waals surface area contributed by atoms with Gasteiger partial charge in [0, 0.05) is 22.9 Å². The van der Waals surface area contributed by atoms with Crippen LogP contribution in [-0.2, 0) is 19.2 Å². The summed E-state index contributed by atoms with van der Waals surface area (Å²) >= 11 is 43.2. The highest BCUT2D eigenvalue weighted by Crippen LogP contribution is 2.34. The van der Waals surface area contributed by atoms with Crippen LogP contribution in [0.1, 0.15) is 41.5 Å². The Bertz CT molecular complexity index is 2740. The molecular weight excluding hydrogens is 977 g/mol. The number of nitrogens with one attached hydrogen (secondary N) is 4. The van der Waals surface area contributed by atoms with E-state index in [0.29, 0.717) is 0 Å². The number of anilines is 4. The second-order valence-electron chi connectivity index (χ2n) is 13.3. The molecule has 15 nitrogen and oxygen atoms in total. The third-order valence-electron chi connectivity index (χ3n) is 8.44. The molecule has 5 aromatic rings. The SMILES string of the molecule is CC(=O)C(N=Nc1cc(C(=O)Nc2cccc(Cl)c2Cl)ccc1Cl)C(=O)Nc1ccc(NC(=O)C(N=Nc2cc(C(=O)Nc3cccc(Cl)c3Cl)ccc2Cl)C(C)=O)c(OC(C)Cl)c1. The Balaban J connectivity index is 1.30. The monoisotopic (exact) mass is 1000 g/mol. The fourth-order valence-corrected chi connectivity index (χ4v) is 6.42. The van der Waals surface area contributed by atoms with Gasteiger partial charge in [-0.3, -0.25) is 28.8 Å². The minimum atomic E-state index is -1.70. The molecule has 0 spiro atoms.